The number of hydrogen-bond acceptors (Lipinski definition) is 4. The fourth-order valence-corrected chi connectivity index (χ4v) is 5.19. The number of amides is 1. The van der Waals surface area contributed by atoms with Gasteiger partial charge < -0.3 is 14.5 Å². The summed E-state index contributed by atoms with van der Waals surface area (Å²) in [5, 5.41) is 0.657. The van der Waals surface area contributed by atoms with Crippen LogP contribution in [0.5, 0.6) is 0 Å². The van der Waals surface area contributed by atoms with Crippen molar-refractivity contribution < 1.29 is 35.9 Å². The number of benzene rings is 1. The molecule has 4 rings (SSSR count). The summed E-state index contributed by atoms with van der Waals surface area (Å²) in [4.78, 5) is 17.5. The van der Waals surface area contributed by atoms with Crippen molar-refractivity contribution in [2.45, 2.75) is 37.8 Å². The largest absolute Gasteiger partial charge is 0.434 e. The number of anilines is 1. The van der Waals surface area contributed by atoms with E-state index < -0.39 is 24.5 Å². The van der Waals surface area contributed by atoms with Crippen LogP contribution < -0.4 is 4.90 Å². The van der Waals surface area contributed by atoms with E-state index in [9.17, 15) is 31.1 Å². The first kappa shape index (κ1) is 24.3. The number of likely N-dealkylation sites (tertiary alicyclic amines) is 2. The minimum absolute atomic E-state index is 0.0321. The van der Waals surface area contributed by atoms with E-state index in [1.807, 2.05) is 18.2 Å². The zero-order valence-corrected chi connectivity index (χ0v) is 18.4. The second kappa shape index (κ2) is 9.05. The molecule has 3 saturated heterocycles. The fourth-order valence-electron chi connectivity index (χ4n) is 5.03. The predicted molar refractivity (Wildman–Crippen MR) is 109 cm³/mol. The molecule has 1 aromatic rings. The van der Waals surface area contributed by atoms with Crippen molar-refractivity contribution in [3.63, 3.8) is 0 Å². The Kier molecular flexibility index (Phi) is 6.65. The quantitative estimate of drug-likeness (QED) is 0.550. The van der Waals surface area contributed by atoms with Gasteiger partial charge in [0, 0.05) is 56.5 Å². The monoisotopic (exact) mass is 499 g/mol. The maximum atomic E-state index is 12.7. The fraction of sp³-hybridized carbons (Fsp3) is 0.667. The van der Waals surface area contributed by atoms with Crippen molar-refractivity contribution in [3.05, 3.63) is 28.8 Å². The molecular weight excluding hydrogens is 476 g/mol. The van der Waals surface area contributed by atoms with E-state index in [0.717, 1.165) is 42.1 Å². The van der Waals surface area contributed by atoms with Gasteiger partial charge in [-0.3, -0.25) is 4.90 Å². The molecule has 5 nitrogen and oxygen atoms in total. The third kappa shape index (κ3) is 5.45. The molecular formula is C21H24ClF6N3O2. The highest BCUT2D eigenvalue weighted by Crippen LogP contribution is 2.38. The molecule has 3 aliphatic rings. The molecule has 3 aliphatic heterocycles. The maximum absolute atomic E-state index is 12.7. The van der Waals surface area contributed by atoms with Gasteiger partial charge in [0.25, 0.3) is 6.10 Å². The summed E-state index contributed by atoms with van der Waals surface area (Å²) in [6, 6.07) is 5.78. The molecule has 0 bridgehead atoms. The Morgan fingerprint density at radius 1 is 1.00 bits per heavy atom. The van der Waals surface area contributed by atoms with Crippen LogP contribution in [-0.4, -0.2) is 73.6 Å². The van der Waals surface area contributed by atoms with Gasteiger partial charge in [0.05, 0.1) is 0 Å². The normalized spacial score (nSPS) is 24.1. The molecule has 184 valence electrons. The van der Waals surface area contributed by atoms with Crippen molar-refractivity contribution in [1.82, 2.24) is 9.80 Å². The van der Waals surface area contributed by atoms with Crippen LogP contribution in [0.3, 0.4) is 0 Å². The van der Waals surface area contributed by atoms with Crippen LogP contribution in [0.2, 0.25) is 5.02 Å². The van der Waals surface area contributed by atoms with E-state index in [1.165, 1.54) is 0 Å². The number of halogens is 7. The number of carbonyl (C=O) groups excluding carboxylic acids is 1. The SMILES string of the molecule is O=C(OC(C(F)(F)F)C(F)(F)F)N1CC2CN(Cc3ccc(Cl)cc3N3CCCC3)CC2C1. The van der Waals surface area contributed by atoms with Crippen LogP contribution >= 0.6 is 11.6 Å². The number of nitrogens with zero attached hydrogens (tertiary/aromatic N) is 3. The third-order valence-corrected chi connectivity index (χ3v) is 6.76. The van der Waals surface area contributed by atoms with Crippen molar-refractivity contribution in [1.29, 1.82) is 0 Å². The molecule has 1 aromatic carbocycles. The minimum atomic E-state index is -5.72. The highest BCUT2D eigenvalue weighted by molar-refractivity contribution is 6.30. The second-order valence-electron chi connectivity index (χ2n) is 8.93. The smallest absolute Gasteiger partial charge is 0.426 e. The van der Waals surface area contributed by atoms with Gasteiger partial charge in [-0.2, -0.15) is 26.3 Å². The standard InChI is InChI=1S/C21H24ClF6N3O2/c22-16-4-3-13(17(7-16)30-5-1-2-6-30)8-29-9-14-11-31(12-15(14)10-29)19(32)33-18(20(23,24)25)21(26,27)28/h3-4,7,14-15,18H,1-2,5-6,8-12H2. The number of carbonyl (C=O) groups is 1. The molecule has 0 radical (unpaired) electrons. The van der Waals surface area contributed by atoms with Gasteiger partial charge in [-0.25, -0.2) is 4.79 Å². The molecule has 0 aliphatic carbocycles. The number of fused-ring (bicyclic) bond motifs is 1. The zero-order chi connectivity index (χ0) is 24.0. The first-order chi connectivity index (χ1) is 15.4. The molecule has 2 atom stereocenters. The summed E-state index contributed by atoms with van der Waals surface area (Å²) in [7, 11) is 0. The van der Waals surface area contributed by atoms with Crippen LogP contribution in [-0.2, 0) is 11.3 Å². The maximum Gasteiger partial charge on any atom is 0.434 e. The van der Waals surface area contributed by atoms with Gasteiger partial charge in [0.1, 0.15) is 0 Å². The molecule has 0 spiro atoms. The highest BCUT2D eigenvalue weighted by atomic mass is 35.5. The van der Waals surface area contributed by atoms with Crippen molar-refractivity contribution >= 4 is 23.4 Å². The summed E-state index contributed by atoms with van der Waals surface area (Å²) in [5.74, 6) is -0.0642. The van der Waals surface area contributed by atoms with E-state index in [2.05, 4.69) is 14.5 Å². The summed E-state index contributed by atoms with van der Waals surface area (Å²) >= 11 is 6.20. The molecule has 2 unspecified atom stereocenters. The number of ether oxygens (including phenoxy) is 1. The van der Waals surface area contributed by atoms with Crippen LogP contribution in [0.4, 0.5) is 36.8 Å². The van der Waals surface area contributed by atoms with Gasteiger partial charge in [-0.05, 0) is 42.4 Å². The average molecular weight is 500 g/mol. The topological polar surface area (TPSA) is 36.0 Å². The van der Waals surface area contributed by atoms with E-state index >= 15 is 0 Å². The van der Waals surface area contributed by atoms with E-state index in [1.54, 1.807) is 0 Å². The lowest BCUT2D eigenvalue weighted by Gasteiger charge is -2.27. The molecule has 3 fully saturated rings. The zero-order valence-electron chi connectivity index (χ0n) is 17.6. The summed E-state index contributed by atoms with van der Waals surface area (Å²) < 4.78 is 80.0. The Labute approximate surface area is 192 Å². The van der Waals surface area contributed by atoms with Gasteiger partial charge >= 0.3 is 18.4 Å². The first-order valence-electron chi connectivity index (χ1n) is 10.8. The lowest BCUT2D eigenvalue weighted by atomic mass is 10.0. The molecule has 1 amide bonds. The summed E-state index contributed by atoms with van der Waals surface area (Å²) in [6.07, 6.45) is -14.9. The van der Waals surface area contributed by atoms with Crippen LogP contribution in [0.25, 0.3) is 0 Å². The lowest BCUT2D eigenvalue weighted by Crippen LogP contribution is -2.48. The predicted octanol–water partition coefficient (Wildman–Crippen LogP) is 4.93. The highest BCUT2D eigenvalue weighted by Gasteiger charge is 2.60. The molecule has 33 heavy (non-hydrogen) atoms. The Balaban J connectivity index is 1.35. The Bertz CT molecular complexity index is 847. The van der Waals surface area contributed by atoms with Crippen molar-refractivity contribution in [2.24, 2.45) is 11.8 Å². The Hall–Kier alpha value is -1.88. The van der Waals surface area contributed by atoms with Gasteiger partial charge in [0.15, 0.2) is 0 Å². The second-order valence-corrected chi connectivity index (χ2v) is 9.37. The van der Waals surface area contributed by atoms with Gasteiger partial charge in [0.2, 0.25) is 0 Å². The van der Waals surface area contributed by atoms with Crippen molar-refractivity contribution in [3.8, 4) is 0 Å². The van der Waals surface area contributed by atoms with E-state index in [-0.39, 0.29) is 24.9 Å². The third-order valence-electron chi connectivity index (χ3n) is 6.52. The molecule has 0 N–H and O–H groups in total. The summed E-state index contributed by atoms with van der Waals surface area (Å²) in [5.41, 5.74) is 2.21. The lowest BCUT2D eigenvalue weighted by molar-refractivity contribution is -0.308. The first-order valence-corrected chi connectivity index (χ1v) is 11.1. The van der Waals surface area contributed by atoms with Crippen LogP contribution in [0.1, 0.15) is 18.4 Å². The van der Waals surface area contributed by atoms with Crippen LogP contribution in [0.15, 0.2) is 18.2 Å². The van der Waals surface area contributed by atoms with Crippen molar-refractivity contribution in [2.75, 3.05) is 44.2 Å². The minimum Gasteiger partial charge on any atom is -0.426 e. The molecule has 0 aromatic heterocycles. The van der Waals surface area contributed by atoms with E-state index in [0.29, 0.717) is 24.7 Å². The number of rotatable bonds is 4. The molecule has 0 saturated carbocycles. The molecule has 12 heteroatoms. The number of alkyl halides is 6. The Morgan fingerprint density at radius 3 is 2.12 bits per heavy atom. The molecule has 3 heterocycles. The van der Waals surface area contributed by atoms with Gasteiger partial charge in [-0.15, -0.1) is 0 Å². The van der Waals surface area contributed by atoms with E-state index in [4.69, 9.17) is 11.6 Å². The summed E-state index contributed by atoms with van der Waals surface area (Å²) in [6.45, 7) is 3.92. The Morgan fingerprint density at radius 2 is 1.58 bits per heavy atom. The van der Waals surface area contributed by atoms with Gasteiger partial charge in [-0.1, -0.05) is 17.7 Å². The van der Waals surface area contributed by atoms with Crippen LogP contribution in [0, 0.1) is 11.8 Å². The number of hydrogen-bond donors (Lipinski definition) is 0. The average Bonchev–Trinajstić information content (AvgIpc) is 3.41.